The molecule has 0 saturated carbocycles. The molecule has 1 N–H and O–H groups in total. The van der Waals surface area contributed by atoms with Crippen LogP contribution in [0.3, 0.4) is 0 Å². The molecule has 0 aliphatic heterocycles. The summed E-state index contributed by atoms with van der Waals surface area (Å²) in [6, 6.07) is 10.9. The normalized spacial score (nSPS) is 10.9. The van der Waals surface area contributed by atoms with Gasteiger partial charge in [-0.1, -0.05) is 12.1 Å². The molecule has 3 aromatic heterocycles. The zero-order valence-electron chi connectivity index (χ0n) is 16.8. The van der Waals surface area contributed by atoms with Gasteiger partial charge in [-0.3, -0.25) is 14.3 Å². The highest BCUT2D eigenvalue weighted by molar-refractivity contribution is 6.05. The second-order valence-corrected chi connectivity index (χ2v) is 7.00. The van der Waals surface area contributed by atoms with E-state index in [1.165, 1.54) is 13.3 Å². The van der Waals surface area contributed by atoms with Gasteiger partial charge in [0.05, 0.1) is 6.54 Å². The Morgan fingerprint density at radius 3 is 2.67 bits per heavy atom. The summed E-state index contributed by atoms with van der Waals surface area (Å²) in [4.78, 5) is 28.1. The lowest BCUT2D eigenvalue weighted by atomic mass is 10.0. The summed E-state index contributed by atoms with van der Waals surface area (Å²) < 4.78 is 12.5. The Labute approximate surface area is 172 Å². The molecule has 4 rings (SSSR count). The van der Waals surface area contributed by atoms with Gasteiger partial charge in [-0.05, 0) is 43.2 Å². The molecule has 30 heavy (non-hydrogen) atoms. The minimum absolute atomic E-state index is 0.137. The number of hydrogen-bond donors (Lipinski definition) is 1. The average molecular weight is 404 g/mol. The highest BCUT2D eigenvalue weighted by Gasteiger charge is 2.19. The largest absolute Gasteiger partial charge is 0.456 e. The zero-order valence-corrected chi connectivity index (χ0v) is 16.8. The highest BCUT2D eigenvalue weighted by atomic mass is 16.3. The lowest BCUT2D eigenvalue weighted by Crippen LogP contribution is -2.14. The van der Waals surface area contributed by atoms with Crippen LogP contribution in [-0.4, -0.2) is 26.5 Å². The highest BCUT2D eigenvalue weighted by Crippen LogP contribution is 2.26. The number of aryl methyl sites for hydroxylation is 2. The molecule has 8 nitrogen and oxygen atoms in total. The first-order valence-electron chi connectivity index (χ1n) is 9.36. The summed E-state index contributed by atoms with van der Waals surface area (Å²) in [5, 5.41) is 7.05. The molecule has 3 heterocycles. The van der Waals surface area contributed by atoms with E-state index in [4.69, 9.17) is 8.83 Å². The van der Waals surface area contributed by atoms with Crippen LogP contribution in [0.4, 0.5) is 5.82 Å². The molecular weight excluding hydrogens is 384 g/mol. The van der Waals surface area contributed by atoms with Crippen molar-refractivity contribution < 1.29 is 18.4 Å². The summed E-state index contributed by atoms with van der Waals surface area (Å²) >= 11 is 0. The summed E-state index contributed by atoms with van der Waals surface area (Å²) in [7, 11) is 0. The van der Waals surface area contributed by atoms with Crippen molar-refractivity contribution in [2.24, 2.45) is 0 Å². The van der Waals surface area contributed by atoms with E-state index in [2.05, 4.69) is 15.4 Å². The SMILES string of the molecule is CC(=O)c1ccc(Cn2ccc(NC(=O)c3ncoc3-c3ccc(C)c(C)c3)n2)o1. The van der Waals surface area contributed by atoms with E-state index in [1.807, 2.05) is 32.0 Å². The predicted octanol–water partition coefficient (Wildman–Crippen LogP) is 4.25. The molecule has 0 fully saturated rings. The predicted molar refractivity (Wildman–Crippen MR) is 109 cm³/mol. The van der Waals surface area contributed by atoms with Crippen LogP contribution in [0, 0.1) is 13.8 Å². The van der Waals surface area contributed by atoms with Gasteiger partial charge in [0.2, 0.25) is 0 Å². The van der Waals surface area contributed by atoms with Crippen LogP contribution < -0.4 is 5.32 Å². The summed E-state index contributed by atoms with van der Waals surface area (Å²) in [5.41, 5.74) is 3.22. The number of anilines is 1. The Morgan fingerprint density at radius 1 is 1.10 bits per heavy atom. The Kier molecular flexibility index (Phi) is 5.05. The van der Waals surface area contributed by atoms with Crippen LogP contribution in [0.25, 0.3) is 11.3 Å². The van der Waals surface area contributed by atoms with Crippen LogP contribution in [0.2, 0.25) is 0 Å². The number of carbonyl (C=O) groups excluding carboxylic acids is 2. The van der Waals surface area contributed by atoms with E-state index in [9.17, 15) is 9.59 Å². The molecule has 0 atom stereocenters. The third-order valence-corrected chi connectivity index (χ3v) is 4.76. The van der Waals surface area contributed by atoms with Crippen molar-refractivity contribution >= 4 is 17.5 Å². The van der Waals surface area contributed by atoms with Gasteiger partial charge in [0.25, 0.3) is 5.91 Å². The van der Waals surface area contributed by atoms with E-state index in [0.29, 0.717) is 29.6 Å². The van der Waals surface area contributed by atoms with Gasteiger partial charge >= 0.3 is 0 Å². The average Bonchev–Trinajstić information content (AvgIpc) is 3.45. The van der Waals surface area contributed by atoms with Crippen LogP contribution in [0.5, 0.6) is 0 Å². The molecule has 0 aliphatic carbocycles. The van der Waals surface area contributed by atoms with Crippen molar-refractivity contribution in [3.8, 4) is 11.3 Å². The monoisotopic (exact) mass is 404 g/mol. The third kappa shape index (κ3) is 3.93. The Balaban J connectivity index is 1.48. The van der Waals surface area contributed by atoms with Gasteiger partial charge < -0.3 is 14.2 Å². The van der Waals surface area contributed by atoms with Gasteiger partial charge in [-0.25, -0.2) is 4.98 Å². The first-order chi connectivity index (χ1) is 14.4. The van der Waals surface area contributed by atoms with Gasteiger partial charge in [0.1, 0.15) is 5.76 Å². The zero-order chi connectivity index (χ0) is 21.3. The number of oxazole rings is 1. The Bertz CT molecular complexity index is 1230. The van der Waals surface area contributed by atoms with E-state index in [-0.39, 0.29) is 11.5 Å². The number of rotatable bonds is 6. The number of nitrogens with zero attached hydrogens (tertiary/aromatic N) is 3. The quantitative estimate of drug-likeness (QED) is 0.482. The number of aromatic nitrogens is 3. The lowest BCUT2D eigenvalue weighted by Gasteiger charge is -2.05. The molecule has 152 valence electrons. The molecule has 1 amide bonds. The second kappa shape index (κ2) is 7.82. The maximum absolute atomic E-state index is 12.7. The second-order valence-electron chi connectivity index (χ2n) is 7.00. The number of nitrogens with one attached hydrogen (secondary N) is 1. The third-order valence-electron chi connectivity index (χ3n) is 4.76. The van der Waals surface area contributed by atoms with Crippen LogP contribution >= 0.6 is 0 Å². The van der Waals surface area contributed by atoms with Crippen molar-refractivity contribution in [2.75, 3.05) is 5.32 Å². The molecule has 4 aromatic rings. The smallest absolute Gasteiger partial charge is 0.279 e. The number of benzene rings is 1. The van der Waals surface area contributed by atoms with E-state index in [1.54, 1.807) is 29.1 Å². The molecule has 0 radical (unpaired) electrons. The fourth-order valence-electron chi connectivity index (χ4n) is 3.00. The Hall–Kier alpha value is -3.94. The standard InChI is InChI=1S/C22H20N4O4/c1-13-4-5-16(10-14(13)2)21-20(23-12-29-21)22(28)24-19-8-9-26(25-19)11-17-6-7-18(30-17)15(3)27/h4-10,12H,11H2,1-3H3,(H,24,25,28). The van der Waals surface area contributed by atoms with Crippen molar-refractivity contribution in [2.45, 2.75) is 27.3 Å². The summed E-state index contributed by atoms with van der Waals surface area (Å²) in [6.45, 7) is 5.80. The fourth-order valence-corrected chi connectivity index (χ4v) is 3.00. The molecule has 8 heteroatoms. The van der Waals surface area contributed by atoms with Crippen LogP contribution in [0.15, 0.2) is 57.8 Å². The molecule has 0 aliphatic rings. The number of carbonyl (C=O) groups is 2. The molecule has 1 aromatic carbocycles. The molecule has 0 bridgehead atoms. The lowest BCUT2D eigenvalue weighted by molar-refractivity contribution is 0.0983. The first kappa shape index (κ1) is 19.4. The number of Topliss-reactive ketones (excluding diaryl/α,β-unsaturated/α-hetero) is 1. The number of amides is 1. The molecule has 0 unspecified atom stereocenters. The molecule has 0 spiro atoms. The van der Waals surface area contributed by atoms with Gasteiger partial charge in [0, 0.05) is 24.8 Å². The van der Waals surface area contributed by atoms with Crippen molar-refractivity contribution in [1.29, 1.82) is 0 Å². The van der Waals surface area contributed by atoms with E-state index in [0.717, 1.165) is 16.7 Å². The van der Waals surface area contributed by atoms with Crippen LogP contribution in [-0.2, 0) is 6.54 Å². The van der Waals surface area contributed by atoms with E-state index >= 15 is 0 Å². The summed E-state index contributed by atoms with van der Waals surface area (Å²) in [5.74, 6) is 1.11. The van der Waals surface area contributed by atoms with Gasteiger partial charge in [-0.15, -0.1) is 0 Å². The summed E-state index contributed by atoms with van der Waals surface area (Å²) in [6.07, 6.45) is 2.96. The van der Waals surface area contributed by atoms with Gasteiger partial charge in [-0.2, -0.15) is 5.10 Å². The molecular formula is C22H20N4O4. The minimum atomic E-state index is -0.418. The fraction of sp³-hybridized carbons (Fsp3) is 0.182. The molecule has 0 saturated heterocycles. The first-order valence-corrected chi connectivity index (χ1v) is 9.36. The minimum Gasteiger partial charge on any atom is -0.456 e. The maximum Gasteiger partial charge on any atom is 0.279 e. The number of ketones is 1. The van der Waals surface area contributed by atoms with Crippen LogP contribution in [0.1, 0.15) is 44.9 Å². The Morgan fingerprint density at radius 2 is 1.93 bits per heavy atom. The van der Waals surface area contributed by atoms with Crippen molar-refractivity contribution in [3.05, 3.63) is 77.3 Å². The van der Waals surface area contributed by atoms with Gasteiger partial charge in [0.15, 0.2) is 35.2 Å². The number of furan rings is 1. The maximum atomic E-state index is 12.7. The van der Waals surface area contributed by atoms with Crippen molar-refractivity contribution in [3.63, 3.8) is 0 Å². The topological polar surface area (TPSA) is 103 Å². The van der Waals surface area contributed by atoms with E-state index < -0.39 is 5.91 Å². The number of hydrogen-bond acceptors (Lipinski definition) is 6. The van der Waals surface area contributed by atoms with Crippen molar-refractivity contribution in [1.82, 2.24) is 14.8 Å².